The van der Waals surface area contributed by atoms with Crippen molar-refractivity contribution < 1.29 is 10.9 Å². The first kappa shape index (κ1) is 18.4. The molecule has 0 spiro atoms. The lowest BCUT2D eigenvalue weighted by Crippen LogP contribution is -2.56. The lowest BCUT2D eigenvalue weighted by molar-refractivity contribution is -0.0660. The fourth-order valence-electron chi connectivity index (χ4n) is 3.13. The molecule has 2 aliphatic heterocycles. The van der Waals surface area contributed by atoms with E-state index in [1.807, 2.05) is 31.2 Å². The molecular formula is C19H29N5O2. The molecule has 0 atom stereocenters. The molecule has 2 heterocycles. The van der Waals surface area contributed by atoms with Gasteiger partial charge in [0.1, 0.15) is 5.75 Å². The van der Waals surface area contributed by atoms with Crippen molar-refractivity contribution in [3.8, 4) is 5.75 Å². The molecule has 7 heteroatoms. The summed E-state index contributed by atoms with van der Waals surface area (Å²) in [6, 6.07) is 6.49. The Morgan fingerprint density at radius 2 is 2.08 bits per heavy atom. The van der Waals surface area contributed by atoms with Gasteiger partial charge in [0.25, 0.3) is 0 Å². The number of benzene rings is 1. The van der Waals surface area contributed by atoms with Gasteiger partial charge in [-0.3, -0.25) is 4.90 Å². The Morgan fingerprint density at radius 1 is 1.31 bits per heavy atom. The first-order chi connectivity index (χ1) is 12.7. The van der Waals surface area contributed by atoms with Crippen molar-refractivity contribution >= 4 is 23.5 Å². The largest absolute Gasteiger partial charge is 0.495 e. The highest BCUT2D eigenvalue weighted by atomic mass is 16.5. The lowest BCUT2D eigenvalue weighted by atomic mass is 10.1. The maximum Gasteiger partial charge on any atom is 0.220 e. The first-order valence-electron chi connectivity index (χ1n) is 8.95. The highest BCUT2D eigenvalue weighted by molar-refractivity contribution is 5.91. The van der Waals surface area contributed by atoms with Crippen LogP contribution in [0, 0.1) is 0 Å². The molecule has 0 saturated carbocycles. The van der Waals surface area contributed by atoms with Crippen LogP contribution in [0.5, 0.6) is 5.75 Å². The van der Waals surface area contributed by atoms with Crippen LogP contribution in [-0.2, 0) is 4.74 Å². The van der Waals surface area contributed by atoms with Crippen LogP contribution >= 0.6 is 0 Å². The zero-order valence-electron chi connectivity index (χ0n) is 15.5. The summed E-state index contributed by atoms with van der Waals surface area (Å²) < 4.78 is 10.9. The number of hydrogen-bond donors (Lipinski definition) is 1. The zero-order valence-corrected chi connectivity index (χ0v) is 15.5. The molecule has 3 rings (SSSR count). The summed E-state index contributed by atoms with van der Waals surface area (Å²) in [5, 5.41) is 0. The molecule has 2 fully saturated rings. The summed E-state index contributed by atoms with van der Waals surface area (Å²) in [6.45, 7) is 7.70. The van der Waals surface area contributed by atoms with E-state index in [0.29, 0.717) is 6.04 Å². The predicted molar refractivity (Wildman–Crippen MR) is 108 cm³/mol. The Morgan fingerprint density at radius 3 is 2.69 bits per heavy atom. The van der Waals surface area contributed by atoms with Crippen molar-refractivity contribution in [1.82, 2.24) is 4.90 Å². The van der Waals surface area contributed by atoms with Gasteiger partial charge in [0.2, 0.25) is 5.96 Å². The van der Waals surface area contributed by atoms with Gasteiger partial charge in [-0.2, -0.15) is 0 Å². The molecule has 0 aliphatic carbocycles. The Bertz CT molecular complexity index is 695. The molecule has 0 amide bonds. The van der Waals surface area contributed by atoms with Crippen molar-refractivity contribution in [3.05, 3.63) is 30.4 Å². The number of methoxy groups -OCH3 is 1. The van der Waals surface area contributed by atoms with Gasteiger partial charge >= 0.3 is 0 Å². The molecular weight excluding hydrogens is 330 g/mol. The second kappa shape index (κ2) is 8.82. The van der Waals surface area contributed by atoms with Gasteiger partial charge < -0.3 is 20.1 Å². The van der Waals surface area contributed by atoms with E-state index in [0.717, 1.165) is 56.5 Å². The van der Waals surface area contributed by atoms with E-state index in [9.17, 15) is 0 Å². The molecule has 26 heavy (non-hydrogen) atoms. The Hall–Kier alpha value is -2.38. The quantitative estimate of drug-likeness (QED) is 0.643. The summed E-state index contributed by atoms with van der Waals surface area (Å²) in [5.74, 6) is 1.02. The van der Waals surface area contributed by atoms with E-state index in [1.54, 1.807) is 19.4 Å². The van der Waals surface area contributed by atoms with Crippen molar-refractivity contribution in [2.24, 2.45) is 15.7 Å². The zero-order chi connectivity index (χ0) is 18.4. The Labute approximate surface area is 156 Å². The summed E-state index contributed by atoms with van der Waals surface area (Å²) in [5.41, 5.74) is 7.65. The average Bonchev–Trinajstić information content (AvgIpc) is 2.61. The number of rotatable bonds is 5. The first-order valence-corrected chi connectivity index (χ1v) is 8.95. The molecule has 2 aliphatic rings. The van der Waals surface area contributed by atoms with E-state index < -0.39 is 0 Å². The SMILES string of the molecule is C/C=C/C=N/C(N)=Nc1ccc(N2CCN(C3COC3)CC2)c(OC)c1.[HH]. The van der Waals surface area contributed by atoms with E-state index >= 15 is 0 Å². The molecule has 7 nitrogen and oxygen atoms in total. The number of allylic oxidation sites excluding steroid dienone is 2. The average molecular weight is 359 g/mol. The maximum absolute atomic E-state index is 5.83. The van der Waals surface area contributed by atoms with Gasteiger partial charge in [-0.25, -0.2) is 9.98 Å². The number of ether oxygens (including phenoxy) is 2. The van der Waals surface area contributed by atoms with E-state index in [2.05, 4.69) is 19.8 Å². The van der Waals surface area contributed by atoms with Crippen LogP contribution in [0.4, 0.5) is 11.4 Å². The monoisotopic (exact) mass is 359 g/mol. The van der Waals surface area contributed by atoms with Crippen molar-refractivity contribution in [1.29, 1.82) is 0 Å². The van der Waals surface area contributed by atoms with Gasteiger partial charge in [-0.15, -0.1) is 0 Å². The van der Waals surface area contributed by atoms with E-state index in [1.165, 1.54) is 0 Å². The van der Waals surface area contributed by atoms with Gasteiger partial charge in [0.05, 0.1) is 37.7 Å². The van der Waals surface area contributed by atoms with Gasteiger partial charge in [-0.1, -0.05) is 6.08 Å². The molecule has 2 saturated heterocycles. The number of nitrogens with zero attached hydrogens (tertiary/aromatic N) is 4. The number of anilines is 1. The van der Waals surface area contributed by atoms with Gasteiger partial charge in [-0.05, 0) is 25.1 Å². The van der Waals surface area contributed by atoms with Crippen LogP contribution in [0.3, 0.4) is 0 Å². The van der Waals surface area contributed by atoms with Crippen LogP contribution in [0.2, 0.25) is 0 Å². The van der Waals surface area contributed by atoms with E-state index in [-0.39, 0.29) is 7.39 Å². The van der Waals surface area contributed by atoms with E-state index in [4.69, 9.17) is 15.2 Å². The molecule has 2 N–H and O–H groups in total. The molecule has 1 aromatic rings. The van der Waals surface area contributed by atoms with Gasteiger partial charge in [0, 0.05) is 39.9 Å². The lowest BCUT2D eigenvalue weighted by Gasteiger charge is -2.43. The summed E-state index contributed by atoms with van der Waals surface area (Å²) in [6.07, 6.45) is 5.31. The third-order valence-corrected chi connectivity index (χ3v) is 4.68. The number of nitrogens with two attached hydrogens (primary N) is 1. The smallest absolute Gasteiger partial charge is 0.220 e. The molecule has 0 unspecified atom stereocenters. The third kappa shape index (κ3) is 4.42. The summed E-state index contributed by atoms with van der Waals surface area (Å²) >= 11 is 0. The van der Waals surface area contributed by atoms with Crippen molar-refractivity contribution in [3.63, 3.8) is 0 Å². The molecule has 142 valence electrons. The van der Waals surface area contributed by atoms with Crippen molar-refractivity contribution in [2.75, 3.05) is 51.4 Å². The fraction of sp³-hybridized carbons (Fsp3) is 0.474. The standard InChI is InChI=1S/C19H27N5O2.H2/c1-3-4-7-21-19(20)22-15-5-6-17(18(12-15)25-2)24-10-8-23(9-11-24)16-13-26-14-16;/h3-7,12,16H,8-11,13-14H2,1-2H3,(H2,20,22);1H/b4-3+,21-7+;. The fourth-order valence-corrected chi connectivity index (χ4v) is 3.13. The Kier molecular flexibility index (Phi) is 6.25. The van der Waals surface area contributed by atoms with Crippen LogP contribution in [0.1, 0.15) is 8.35 Å². The maximum atomic E-state index is 5.83. The number of aliphatic imine (C=N–C) groups is 2. The van der Waals surface area contributed by atoms with Crippen LogP contribution in [-0.4, -0.2) is 69.6 Å². The minimum Gasteiger partial charge on any atom is -0.495 e. The minimum absolute atomic E-state index is 0. The van der Waals surface area contributed by atoms with Crippen LogP contribution in [0.15, 0.2) is 40.3 Å². The predicted octanol–water partition coefficient (Wildman–Crippen LogP) is 2.06. The molecule has 0 bridgehead atoms. The van der Waals surface area contributed by atoms with Crippen molar-refractivity contribution in [2.45, 2.75) is 13.0 Å². The summed E-state index contributed by atoms with van der Waals surface area (Å²) in [4.78, 5) is 13.3. The second-order valence-corrected chi connectivity index (χ2v) is 6.34. The molecule has 0 aromatic heterocycles. The highest BCUT2D eigenvalue weighted by Crippen LogP contribution is 2.33. The van der Waals surface area contributed by atoms with Crippen LogP contribution < -0.4 is 15.4 Å². The number of hydrogen-bond acceptors (Lipinski definition) is 5. The number of guanidine groups is 1. The summed E-state index contributed by atoms with van der Waals surface area (Å²) in [7, 11) is 1.68. The van der Waals surface area contributed by atoms with Crippen LogP contribution in [0.25, 0.3) is 0 Å². The topological polar surface area (TPSA) is 75.7 Å². The highest BCUT2D eigenvalue weighted by Gasteiger charge is 2.29. The normalized spacial score (nSPS) is 20.1. The Balaban J connectivity index is 0.00000261. The second-order valence-electron chi connectivity index (χ2n) is 6.34. The molecule has 0 radical (unpaired) electrons. The molecule has 1 aromatic carbocycles. The number of piperazine rings is 1. The third-order valence-electron chi connectivity index (χ3n) is 4.68. The van der Waals surface area contributed by atoms with Gasteiger partial charge in [0.15, 0.2) is 0 Å². The minimum atomic E-state index is 0.